The van der Waals surface area contributed by atoms with Crippen LogP contribution in [0.3, 0.4) is 0 Å². The van der Waals surface area contributed by atoms with E-state index in [0.29, 0.717) is 6.61 Å². The summed E-state index contributed by atoms with van der Waals surface area (Å²) in [4.78, 5) is 6.81. The Morgan fingerprint density at radius 3 is 2.45 bits per heavy atom. The number of likely N-dealkylation sites (N-methyl/N-ethyl adjacent to an activating group) is 1. The number of benzene rings is 1. The molecule has 1 fully saturated rings. The molecule has 1 aromatic carbocycles. The molecule has 2 heterocycles. The molecule has 0 unspecified atom stereocenters. The van der Waals surface area contributed by atoms with Gasteiger partial charge in [0.25, 0.3) is 0 Å². The van der Waals surface area contributed by atoms with Crippen molar-refractivity contribution in [1.29, 1.82) is 0 Å². The van der Waals surface area contributed by atoms with Crippen LogP contribution in [0, 0.1) is 0 Å². The van der Waals surface area contributed by atoms with Crippen LogP contribution in [0.4, 0.5) is 0 Å². The number of ether oxygens (including phenoxy) is 2. The highest BCUT2D eigenvalue weighted by atomic mass is 16.8. The van der Waals surface area contributed by atoms with Crippen molar-refractivity contribution in [2.75, 3.05) is 33.9 Å². The normalized spacial score (nSPS) is 24.4. The summed E-state index contributed by atoms with van der Waals surface area (Å²) in [7, 11) is 4.10. The third-order valence-electron chi connectivity index (χ3n) is 5.27. The standard InChI is InChI=1S/C17H24N2O.C6H12O7/c1-4-5-9-15-13-14-8-6-7-10-16(14)17(18-15)20-12-11-19(2)3;7-1-2-3(8)4(9)5(10)6(11,12)13-2/h6-8,10,13H,4-5,9,11-12H2,1-3H3;2-5,7-12H,1H2/t;2-,3-,4+,5-/m.1/s1. The first-order chi connectivity index (χ1) is 15.6. The van der Waals surface area contributed by atoms with Crippen LogP contribution < -0.4 is 4.74 Å². The molecule has 186 valence electrons. The van der Waals surface area contributed by atoms with Crippen molar-refractivity contribution in [2.45, 2.75) is 56.6 Å². The van der Waals surface area contributed by atoms with E-state index in [0.717, 1.165) is 29.9 Å². The van der Waals surface area contributed by atoms with Gasteiger partial charge in [-0.1, -0.05) is 31.5 Å². The fraction of sp³-hybridized carbons (Fsp3) is 0.609. The molecular weight excluding hydrogens is 432 g/mol. The number of aryl methyl sites for hydroxylation is 1. The minimum atomic E-state index is -2.95. The van der Waals surface area contributed by atoms with Crippen LogP contribution >= 0.6 is 0 Å². The number of pyridine rings is 1. The minimum Gasteiger partial charge on any atom is -0.476 e. The van der Waals surface area contributed by atoms with Crippen LogP contribution in [0.2, 0.25) is 0 Å². The van der Waals surface area contributed by atoms with Crippen molar-refractivity contribution in [3.63, 3.8) is 0 Å². The molecule has 0 saturated carbocycles. The molecule has 1 aliphatic rings. The van der Waals surface area contributed by atoms with E-state index in [1.807, 2.05) is 20.2 Å². The molecule has 6 N–H and O–H groups in total. The SMILES string of the molecule is CCCCc1cc2ccccc2c(OCCN(C)C)n1.OC[C@H]1OC(O)(O)[C@H](O)[C@@H](O)[C@@H]1O. The van der Waals surface area contributed by atoms with Crippen LogP contribution in [0.25, 0.3) is 10.8 Å². The van der Waals surface area contributed by atoms with Gasteiger partial charge in [-0.3, -0.25) is 0 Å². The van der Waals surface area contributed by atoms with Crippen molar-refractivity contribution in [3.8, 4) is 5.88 Å². The van der Waals surface area contributed by atoms with Gasteiger partial charge in [-0.25, -0.2) is 4.98 Å². The Hall–Kier alpha value is -1.89. The van der Waals surface area contributed by atoms with Crippen LogP contribution in [-0.4, -0.2) is 105 Å². The number of aliphatic hydroxyl groups is 6. The zero-order valence-corrected chi connectivity index (χ0v) is 19.3. The predicted octanol–water partition coefficient (Wildman–Crippen LogP) is -0.384. The number of rotatable bonds is 8. The molecule has 0 aliphatic carbocycles. The molecular formula is C23H36N2O8. The maximum atomic E-state index is 9.12. The first kappa shape index (κ1) is 27.4. The lowest BCUT2D eigenvalue weighted by atomic mass is 9.98. The van der Waals surface area contributed by atoms with E-state index >= 15 is 0 Å². The van der Waals surface area contributed by atoms with E-state index in [9.17, 15) is 0 Å². The number of unbranched alkanes of at least 4 members (excludes halogenated alkanes) is 1. The fourth-order valence-electron chi connectivity index (χ4n) is 3.28. The highest BCUT2D eigenvalue weighted by molar-refractivity contribution is 5.87. The van der Waals surface area contributed by atoms with Gasteiger partial charge in [-0.05, 0) is 44.5 Å². The lowest BCUT2D eigenvalue weighted by molar-refractivity contribution is -0.435. The first-order valence-electron chi connectivity index (χ1n) is 11.0. The van der Waals surface area contributed by atoms with Gasteiger partial charge < -0.3 is 45.0 Å². The third-order valence-corrected chi connectivity index (χ3v) is 5.27. The maximum Gasteiger partial charge on any atom is 0.308 e. The Kier molecular flexibility index (Phi) is 10.4. The van der Waals surface area contributed by atoms with Gasteiger partial charge in [0.15, 0.2) is 6.10 Å². The summed E-state index contributed by atoms with van der Waals surface area (Å²) in [5.41, 5.74) is 1.13. The smallest absolute Gasteiger partial charge is 0.308 e. The number of nitrogens with zero attached hydrogens (tertiary/aromatic N) is 2. The van der Waals surface area contributed by atoms with Gasteiger partial charge in [0.05, 0.1) is 6.61 Å². The molecule has 2 aromatic rings. The Balaban J connectivity index is 0.000000257. The summed E-state index contributed by atoms with van der Waals surface area (Å²) >= 11 is 0. The van der Waals surface area contributed by atoms with Crippen molar-refractivity contribution < 1.29 is 40.1 Å². The molecule has 1 saturated heterocycles. The molecule has 1 aliphatic heterocycles. The van der Waals surface area contributed by atoms with Gasteiger partial charge in [0.1, 0.15) is 24.9 Å². The number of hydrogen-bond acceptors (Lipinski definition) is 10. The molecule has 0 amide bonds. The van der Waals surface area contributed by atoms with E-state index in [4.69, 9.17) is 40.4 Å². The van der Waals surface area contributed by atoms with E-state index in [2.05, 4.69) is 40.8 Å². The first-order valence-corrected chi connectivity index (χ1v) is 11.0. The topological polar surface area (TPSA) is 156 Å². The lowest BCUT2D eigenvalue weighted by Crippen LogP contribution is -2.65. The zero-order chi connectivity index (χ0) is 24.6. The van der Waals surface area contributed by atoms with E-state index < -0.39 is 37.0 Å². The second-order valence-electron chi connectivity index (χ2n) is 8.32. The van der Waals surface area contributed by atoms with E-state index in [1.165, 1.54) is 18.2 Å². The predicted molar refractivity (Wildman–Crippen MR) is 122 cm³/mol. The summed E-state index contributed by atoms with van der Waals surface area (Å²) in [5, 5.41) is 56.0. The number of aliphatic hydroxyl groups excluding tert-OH is 4. The summed E-state index contributed by atoms with van der Waals surface area (Å²) < 4.78 is 10.2. The molecule has 33 heavy (non-hydrogen) atoms. The quantitative estimate of drug-likeness (QED) is 0.282. The second kappa shape index (κ2) is 12.5. The summed E-state index contributed by atoms with van der Waals surface area (Å²) in [6.45, 7) is 3.07. The number of hydrogen-bond donors (Lipinski definition) is 6. The second-order valence-corrected chi connectivity index (χ2v) is 8.32. The molecule has 10 nitrogen and oxygen atoms in total. The average Bonchev–Trinajstić information content (AvgIpc) is 2.79. The highest BCUT2D eigenvalue weighted by Crippen LogP contribution is 2.26. The van der Waals surface area contributed by atoms with Gasteiger partial charge in [0, 0.05) is 17.6 Å². The van der Waals surface area contributed by atoms with Crippen molar-refractivity contribution in [3.05, 3.63) is 36.0 Å². The Morgan fingerprint density at radius 2 is 1.82 bits per heavy atom. The van der Waals surface area contributed by atoms with Crippen LogP contribution in [0.15, 0.2) is 30.3 Å². The molecule has 0 spiro atoms. The molecule has 10 heteroatoms. The van der Waals surface area contributed by atoms with Gasteiger partial charge in [-0.15, -0.1) is 0 Å². The Morgan fingerprint density at radius 1 is 1.12 bits per heavy atom. The Bertz CT molecular complexity index is 861. The van der Waals surface area contributed by atoms with E-state index in [-0.39, 0.29) is 0 Å². The summed E-state index contributed by atoms with van der Waals surface area (Å²) in [6, 6.07) is 10.5. The van der Waals surface area contributed by atoms with Crippen molar-refractivity contribution in [2.24, 2.45) is 0 Å². The van der Waals surface area contributed by atoms with Gasteiger partial charge >= 0.3 is 5.97 Å². The third kappa shape index (κ3) is 7.56. The molecule has 4 atom stereocenters. The average molecular weight is 469 g/mol. The fourth-order valence-corrected chi connectivity index (χ4v) is 3.28. The Labute approximate surface area is 193 Å². The van der Waals surface area contributed by atoms with Crippen LogP contribution in [-0.2, 0) is 11.2 Å². The van der Waals surface area contributed by atoms with Gasteiger partial charge in [0.2, 0.25) is 5.88 Å². The van der Waals surface area contributed by atoms with E-state index in [1.54, 1.807) is 0 Å². The van der Waals surface area contributed by atoms with Gasteiger partial charge in [-0.2, -0.15) is 0 Å². The zero-order valence-electron chi connectivity index (χ0n) is 19.3. The molecule has 0 radical (unpaired) electrons. The van der Waals surface area contributed by atoms with Crippen LogP contribution in [0.1, 0.15) is 25.5 Å². The van der Waals surface area contributed by atoms with Crippen molar-refractivity contribution >= 4 is 10.8 Å². The van der Waals surface area contributed by atoms with Crippen molar-refractivity contribution in [1.82, 2.24) is 9.88 Å². The number of fused-ring (bicyclic) bond motifs is 1. The van der Waals surface area contributed by atoms with Crippen LogP contribution in [0.5, 0.6) is 5.88 Å². The molecule has 0 bridgehead atoms. The largest absolute Gasteiger partial charge is 0.476 e. The molecule has 1 aromatic heterocycles. The molecule has 3 rings (SSSR count). The monoisotopic (exact) mass is 468 g/mol. The maximum absolute atomic E-state index is 9.12. The lowest BCUT2D eigenvalue weighted by Gasteiger charge is -2.41. The number of aromatic nitrogens is 1. The highest BCUT2D eigenvalue weighted by Gasteiger charge is 2.51. The summed E-state index contributed by atoms with van der Waals surface area (Å²) in [5.74, 6) is -2.18. The minimum absolute atomic E-state index is 0.668. The summed E-state index contributed by atoms with van der Waals surface area (Å²) in [6.07, 6.45) is -3.34.